The van der Waals surface area contributed by atoms with E-state index < -0.39 is 0 Å². The van der Waals surface area contributed by atoms with Crippen molar-refractivity contribution in [3.8, 4) is 0 Å². The molecule has 2 saturated carbocycles. The lowest BCUT2D eigenvalue weighted by Crippen LogP contribution is -2.13. The minimum absolute atomic E-state index is 0.0359. The molecule has 2 N–H and O–H groups in total. The SMILES string of the molecule is Ic1ccc2[nH]ncc2c1.Ic1ccc2c(cnn2C2CCCCC2)c1.OC1CCCCC1. The summed E-state index contributed by atoms with van der Waals surface area (Å²) in [4.78, 5) is 0. The van der Waals surface area contributed by atoms with Gasteiger partial charge in [-0.3, -0.25) is 9.78 Å². The van der Waals surface area contributed by atoms with Crippen LogP contribution in [0.3, 0.4) is 0 Å². The van der Waals surface area contributed by atoms with Gasteiger partial charge in [-0.2, -0.15) is 10.2 Å². The number of aliphatic hydroxyl groups excluding tert-OH is 1. The van der Waals surface area contributed by atoms with Crippen LogP contribution in [0.1, 0.15) is 70.3 Å². The molecule has 0 radical (unpaired) electrons. The lowest BCUT2D eigenvalue weighted by atomic mass is 9.95. The predicted molar refractivity (Wildman–Crippen MR) is 152 cm³/mol. The molecule has 2 aliphatic carbocycles. The van der Waals surface area contributed by atoms with Crippen molar-refractivity contribution in [2.24, 2.45) is 0 Å². The number of rotatable bonds is 1. The van der Waals surface area contributed by atoms with E-state index in [1.54, 1.807) is 0 Å². The molecule has 0 saturated heterocycles. The second-order valence-corrected chi connectivity index (χ2v) is 11.5. The topological polar surface area (TPSA) is 66.7 Å². The molecule has 7 heteroatoms. The third kappa shape index (κ3) is 7.14. The summed E-state index contributed by atoms with van der Waals surface area (Å²) in [5.74, 6) is 0. The van der Waals surface area contributed by atoms with Gasteiger partial charge in [0.25, 0.3) is 0 Å². The molecule has 0 atom stereocenters. The van der Waals surface area contributed by atoms with Crippen molar-refractivity contribution in [1.29, 1.82) is 0 Å². The Hall–Kier alpha value is -1.20. The van der Waals surface area contributed by atoms with Gasteiger partial charge in [0.05, 0.1) is 35.6 Å². The van der Waals surface area contributed by atoms with E-state index in [4.69, 9.17) is 5.11 Å². The fourth-order valence-electron chi connectivity index (χ4n) is 4.64. The number of aliphatic hydroxyl groups is 1. The number of benzene rings is 2. The van der Waals surface area contributed by atoms with Crippen LogP contribution in [0, 0.1) is 7.14 Å². The van der Waals surface area contributed by atoms with E-state index in [0.717, 1.165) is 18.4 Å². The molecule has 0 amide bonds. The van der Waals surface area contributed by atoms with Crippen LogP contribution in [-0.2, 0) is 0 Å². The van der Waals surface area contributed by atoms with Gasteiger partial charge in [-0.15, -0.1) is 0 Å². The van der Waals surface area contributed by atoms with E-state index in [1.807, 2.05) is 18.5 Å². The monoisotopic (exact) mass is 670 g/mol. The Kier molecular flexibility index (Phi) is 9.43. The highest BCUT2D eigenvalue weighted by Crippen LogP contribution is 2.30. The van der Waals surface area contributed by atoms with Crippen LogP contribution in [0.15, 0.2) is 48.8 Å². The second kappa shape index (κ2) is 12.5. The molecule has 4 aromatic rings. The van der Waals surface area contributed by atoms with Crippen molar-refractivity contribution < 1.29 is 5.11 Å². The summed E-state index contributed by atoms with van der Waals surface area (Å²) < 4.78 is 4.77. The number of hydrogen-bond donors (Lipinski definition) is 2. The Balaban J connectivity index is 0.000000130. The van der Waals surface area contributed by atoms with Crippen molar-refractivity contribution in [1.82, 2.24) is 20.0 Å². The maximum absolute atomic E-state index is 8.91. The third-order valence-electron chi connectivity index (χ3n) is 6.46. The molecule has 6 rings (SSSR count). The molecule has 0 spiro atoms. The van der Waals surface area contributed by atoms with Crippen molar-refractivity contribution in [2.45, 2.75) is 76.4 Å². The Bertz CT molecular complexity index is 1140. The molecule has 2 aliphatic rings. The number of hydrogen-bond acceptors (Lipinski definition) is 3. The van der Waals surface area contributed by atoms with Gasteiger partial charge in [-0.1, -0.05) is 38.5 Å². The fraction of sp³-hybridized carbons (Fsp3) is 0.462. The fourth-order valence-corrected chi connectivity index (χ4v) is 5.67. The highest BCUT2D eigenvalue weighted by molar-refractivity contribution is 14.1. The van der Waals surface area contributed by atoms with Crippen LogP contribution in [0.4, 0.5) is 0 Å². The first-order valence-electron chi connectivity index (χ1n) is 12.0. The highest BCUT2D eigenvalue weighted by atomic mass is 127. The van der Waals surface area contributed by atoms with Gasteiger partial charge in [0.2, 0.25) is 0 Å². The van der Waals surface area contributed by atoms with Gasteiger partial charge < -0.3 is 5.11 Å². The number of H-pyrrole nitrogens is 1. The zero-order valence-corrected chi connectivity index (χ0v) is 23.2. The summed E-state index contributed by atoms with van der Waals surface area (Å²) in [5.41, 5.74) is 2.40. The lowest BCUT2D eigenvalue weighted by Gasteiger charge is -2.22. The van der Waals surface area contributed by atoms with Crippen molar-refractivity contribution >= 4 is 67.0 Å². The molecular formula is C26H32I2N4O. The molecular weight excluding hydrogens is 638 g/mol. The summed E-state index contributed by atoms with van der Waals surface area (Å²) >= 11 is 4.64. The first kappa shape index (κ1) is 24.9. The van der Waals surface area contributed by atoms with E-state index in [9.17, 15) is 0 Å². The van der Waals surface area contributed by atoms with E-state index >= 15 is 0 Å². The summed E-state index contributed by atoms with van der Waals surface area (Å²) in [6.45, 7) is 0. The smallest absolute Gasteiger partial charge is 0.0686 e. The molecule has 2 fully saturated rings. The van der Waals surface area contributed by atoms with Crippen LogP contribution < -0.4 is 0 Å². The lowest BCUT2D eigenvalue weighted by molar-refractivity contribution is 0.130. The van der Waals surface area contributed by atoms with Gasteiger partial charge in [0.1, 0.15) is 0 Å². The standard InChI is InChI=1S/C13H15IN2.C7H5IN2.C6H12O/c14-11-6-7-13-10(8-11)9-15-16(13)12-4-2-1-3-5-12;8-6-1-2-7-5(3-6)4-9-10-7;7-6-4-2-1-3-5-6/h6-9,12H,1-5H2;1-4H,(H,9,10);6-7H,1-5H2. The van der Waals surface area contributed by atoms with Gasteiger partial charge in [-0.05, 0) is 107 Å². The molecule has 33 heavy (non-hydrogen) atoms. The zero-order valence-electron chi connectivity index (χ0n) is 18.9. The molecule has 0 bridgehead atoms. The number of halogens is 2. The van der Waals surface area contributed by atoms with Gasteiger partial charge in [0, 0.05) is 17.9 Å². The van der Waals surface area contributed by atoms with Crippen molar-refractivity contribution in [3.05, 3.63) is 55.9 Å². The number of nitrogens with one attached hydrogen (secondary N) is 1. The number of fused-ring (bicyclic) bond motifs is 2. The number of aromatic amines is 1. The minimum atomic E-state index is 0.0359. The summed E-state index contributed by atoms with van der Waals surface area (Å²) in [6, 6.07) is 13.4. The van der Waals surface area contributed by atoms with Crippen LogP contribution in [0.5, 0.6) is 0 Å². The maximum atomic E-state index is 8.91. The van der Waals surface area contributed by atoms with Crippen molar-refractivity contribution in [3.63, 3.8) is 0 Å². The van der Waals surface area contributed by atoms with Crippen LogP contribution in [-0.4, -0.2) is 31.2 Å². The van der Waals surface area contributed by atoms with E-state index in [0.29, 0.717) is 6.04 Å². The second-order valence-electron chi connectivity index (χ2n) is 8.98. The summed E-state index contributed by atoms with van der Waals surface area (Å²) in [5, 5.41) is 22.7. The molecule has 5 nitrogen and oxygen atoms in total. The van der Waals surface area contributed by atoms with E-state index in [2.05, 4.69) is 95.5 Å². The van der Waals surface area contributed by atoms with Crippen LogP contribution >= 0.6 is 45.2 Å². The van der Waals surface area contributed by atoms with Crippen LogP contribution in [0.25, 0.3) is 21.8 Å². The quantitative estimate of drug-likeness (QED) is 0.205. The summed E-state index contributed by atoms with van der Waals surface area (Å²) in [6.07, 6.45) is 16.5. The Morgan fingerprint density at radius 3 is 2.09 bits per heavy atom. The van der Waals surface area contributed by atoms with Gasteiger partial charge in [-0.25, -0.2) is 0 Å². The van der Waals surface area contributed by atoms with E-state index in [-0.39, 0.29) is 6.10 Å². The Labute approximate surface area is 223 Å². The van der Waals surface area contributed by atoms with E-state index in [1.165, 1.54) is 74.8 Å². The Morgan fingerprint density at radius 2 is 1.42 bits per heavy atom. The first-order valence-corrected chi connectivity index (χ1v) is 14.2. The largest absolute Gasteiger partial charge is 0.393 e. The molecule has 2 heterocycles. The molecule has 2 aromatic carbocycles. The molecule has 2 aromatic heterocycles. The van der Waals surface area contributed by atoms with Crippen LogP contribution in [0.2, 0.25) is 0 Å². The number of nitrogens with zero attached hydrogens (tertiary/aromatic N) is 3. The summed E-state index contributed by atoms with van der Waals surface area (Å²) in [7, 11) is 0. The van der Waals surface area contributed by atoms with Gasteiger partial charge >= 0.3 is 0 Å². The maximum Gasteiger partial charge on any atom is 0.0686 e. The first-order chi connectivity index (χ1) is 16.1. The Morgan fingerprint density at radius 1 is 0.788 bits per heavy atom. The normalized spacial score (nSPS) is 17.3. The number of aromatic nitrogens is 4. The van der Waals surface area contributed by atoms with Crippen molar-refractivity contribution in [2.75, 3.05) is 0 Å². The highest BCUT2D eigenvalue weighted by Gasteiger charge is 2.17. The molecule has 0 unspecified atom stereocenters. The molecule has 0 aliphatic heterocycles. The molecule has 176 valence electrons. The predicted octanol–water partition coefficient (Wildman–Crippen LogP) is 7.63. The zero-order chi connectivity index (χ0) is 23.0. The minimum Gasteiger partial charge on any atom is -0.393 e. The van der Waals surface area contributed by atoms with Gasteiger partial charge in [0.15, 0.2) is 0 Å². The average molecular weight is 670 g/mol. The average Bonchev–Trinajstić information content (AvgIpc) is 3.47. The third-order valence-corrected chi connectivity index (χ3v) is 7.80.